The first-order chi connectivity index (χ1) is 9.61. The van der Waals surface area contributed by atoms with Gasteiger partial charge in [0.2, 0.25) is 0 Å². The van der Waals surface area contributed by atoms with E-state index in [0.29, 0.717) is 10.6 Å². The normalized spacial score (nSPS) is 15.2. The topological polar surface area (TPSA) is 87.5 Å². The predicted molar refractivity (Wildman–Crippen MR) is 67.2 cm³/mol. The standard InChI is InChI=1S/C14H10N2O4/c15-9-11(8-10-4-2-1-3-5-10)14(19)20-16-12(17)6-7-13(16)18/h1-5,8H,6-7H2. The summed E-state index contributed by atoms with van der Waals surface area (Å²) >= 11 is 0. The number of nitriles is 1. The van der Waals surface area contributed by atoms with Crippen LogP contribution in [0.2, 0.25) is 0 Å². The van der Waals surface area contributed by atoms with Crippen LogP contribution in [0.25, 0.3) is 6.08 Å². The Labute approximate surface area is 114 Å². The zero-order valence-electron chi connectivity index (χ0n) is 10.4. The Morgan fingerprint density at radius 2 is 1.80 bits per heavy atom. The van der Waals surface area contributed by atoms with Crippen LogP contribution in [0.1, 0.15) is 18.4 Å². The summed E-state index contributed by atoms with van der Waals surface area (Å²) in [6.07, 6.45) is 1.35. The van der Waals surface area contributed by atoms with Crippen LogP contribution in [0.4, 0.5) is 0 Å². The third kappa shape index (κ3) is 2.90. The van der Waals surface area contributed by atoms with E-state index >= 15 is 0 Å². The maximum Gasteiger partial charge on any atom is 0.374 e. The van der Waals surface area contributed by atoms with Gasteiger partial charge in [-0.15, -0.1) is 5.06 Å². The molecule has 0 saturated carbocycles. The monoisotopic (exact) mass is 270 g/mol. The van der Waals surface area contributed by atoms with Gasteiger partial charge in [0.15, 0.2) is 0 Å². The molecule has 0 spiro atoms. The summed E-state index contributed by atoms with van der Waals surface area (Å²) in [5.74, 6) is -2.19. The van der Waals surface area contributed by atoms with Gasteiger partial charge in [-0.05, 0) is 11.6 Å². The third-order valence-electron chi connectivity index (χ3n) is 2.63. The van der Waals surface area contributed by atoms with Gasteiger partial charge in [-0.1, -0.05) is 30.3 Å². The third-order valence-corrected chi connectivity index (χ3v) is 2.63. The van der Waals surface area contributed by atoms with Gasteiger partial charge in [0, 0.05) is 12.8 Å². The predicted octanol–water partition coefficient (Wildman–Crippen LogP) is 1.20. The van der Waals surface area contributed by atoms with Crippen molar-refractivity contribution in [2.24, 2.45) is 0 Å². The minimum atomic E-state index is -1.03. The molecule has 0 unspecified atom stereocenters. The van der Waals surface area contributed by atoms with Gasteiger partial charge in [-0.2, -0.15) is 5.26 Å². The van der Waals surface area contributed by atoms with Crippen LogP contribution >= 0.6 is 0 Å². The Hall–Kier alpha value is -2.94. The summed E-state index contributed by atoms with van der Waals surface area (Å²) in [6, 6.07) is 10.4. The number of hydroxylamine groups is 2. The molecule has 6 nitrogen and oxygen atoms in total. The van der Waals surface area contributed by atoms with E-state index in [9.17, 15) is 14.4 Å². The second-order valence-corrected chi connectivity index (χ2v) is 4.04. The van der Waals surface area contributed by atoms with Crippen LogP contribution in [0.15, 0.2) is 35.9 Å². The number of nitrogens with zero attached hydrogens (tertiary/aromatic N) is 2. The fraction of sp³-hybridized carbons (Fsp3) is 0.143. The lowest BCUT2D eigenvalue weighted by atomic mass is 10.1. The van der Waals surface area contributed by atoms with Crippen molar-refractivity contribution >= 4 is 23.9 Å². The maximum atomic E-state index is 11.8. The number of rotatable bonds is 3. The number of hydrogen-bond donors (Lipinski definition) is 0. The molecule has 1 fully saturated rings. The first kappa shape index (κ1) is 13.5. The van der Waals surface area contributed by atoms with E-state index in [1.54, 1.807) is 36.4 Å². The number of hydrogen-bond acceptors (Lipinski definition) is 5. The summed E-state index contributed by atoms with van der Waals surface area (Å²) in [7, 11) is 0. The van der Waals surface area contributed by atoms with Crippen molar-refractivity contribution in [2.75, 3.05) is 0 Å². The quantitative estimate of drug-likeness (QED) is 0.468. The number of benzene rings is 1. The summed E-state index contributed by atoms with van der Waals surface area (Å²) in [4.78, 5) is 39.1. The van der Waals surface area contributed by atoms with Crippen LogP contribution in [0.5, 0.6) is 0 Å². The van der Waals surface area contributed by atoms with Crippen LogP contribution in [-0.2, 0) is 19.2 Å². The Morgan fingerprint density at radius 3 is 2.35 bits per heavy atom. The molecule has 0 radical (unpaired) electrons. The van der Waals surface area contributed by atoms with Crippen LogP contribution < -0.4 is 0 Å². The molecule has 1 aliphatic rings. The second kappa shape index (κ2) is 5.80. The highest BCUT2D eigenvalue weighted by Gasteiger charge is 2.33. The van der Waals surface area contributed by atoms with E-state index in [0.717, 1.165) is 0 Å². The lowest BCUT2D eigenvalue weighted by Crippen LogP contribution is -2.32. The molecule has 0 bridgehead atoms. The number of carbonyl (C=O) groups excluding carboxylic acids is 3. The van der Waals surface area contributed by atoms with Crippen molar-refractivity contribution in [3.8, 4) is 6.07 Å². The number of imide groups is 1. The van der Waals surface area contributed by atoms with Gasteiger partial charge in [0.1, 0.15) is 11.6 Å². The van der Waals surface area contributed by atoms with E-state index in [1.807, 2.05) is 0 Å². The van der Waals surface area contributed by atoms with Gasteiger partial charge in [0.05, 0.1) is 0 Å². The Kier molecular flexibility index (Phi) is 3.91. The molecule has 6 heteroatoms. The van der Waals surface area contributed by atoms with Crippen molar-refractivity contribution in [2.45, 2.75) is 12.8 Å². The molecule has 1 saturated heterocycles. The summed E-state index contributed by atoms with van der Waals surface area (Å²) < 4.78 is 0. The Bertz CT molecular complexity index is 612. The molecule has 2 rings (SSSR count). The van der Waals surface area contributed by atoms with Gasteiger partial charge < -0.3 is 4.84 Å². The molecule has 0 aromatic heterocycles. The molecule has 0 aliphatic carbocycles. The van der Waals surface area contributed by atoms with E-state index in [4.69, 9.17) is 5.26 Å². The minimum Gasteiger partial charge on any atom is -0.324 e. The molecule has 1 heterocycles. The minimum absolute atomic E-state index is 0.0103. The van der Waals surface area contributed by atoms with Crippen LogP contribution in [-0.4, -0.2) is 22.8 Å². The summed E-state index contributed by atoms with van der Waals surface area (Å²) in [5, 5.41) is 9.37. The highest BCUT2D eigenvalue weighted by Crippen LogP contribution is 2.14. The van der Waals surface area contributed by atoms with Crippen LogP contribution in [0, 0.1) is 11.3 Å². The zero-order chi connectivity index (χ0) is 14.5. The van der Waals surface area contributed by atoms with E-state index in [1.165, 1.54) is 6.08 Å². The Morgan fingerprint density at radius 1 is 1.20 bits per heavy atom. The van der Waals surface area contributed by atoms with Crippen molar-refractivity contribution in [3.05, 3.63) is 41.5 Å². The number of carbonyl (C=O) groups is 3. The van der Waals surface area contributed by atoms with Crippen LogP contribution in [0.3, 0.4) is 0 Å². The maximum absolute atomic E-state index is 11.8. The highest BCUT2D eigenvalue weighted by atomic mass is 16.7. The Balaban J connectivity index is 2.15. The first-order valence-electron chi connectivity index (χ1n) is 5.87. The zero-order valence-corrected chi connectivity index (χ0v) is 10.4. The van der Waals surface area contributed by atoms with Crippen molar-refractivity contribution in [1.82, 2.24) is 5.06 Å². The van der Waals surface area contributed by atoms with E-state index < -0.39 is 17.8 Å². The molecule has 0 atom stereocenters. The molecule has 1 aromatic rings. The highest BCUT2D eigenvalue weighted by molar-refractivity contribution is 6.04. The van der Waals surface area contributed by atoms with Crippen molar-refractivity contribution in [1.29, 1.82) is 5.26 Å². The fourth-order valence-electron chi connectivity index (χ4n) is 1.64. The molecular formula is C14H10N2O4. The average Bonchev–Trinajstić information content (AvgIpc) is 2.77. The van der Waals surface area contributed by atoms with Crippen molar-refractivity contribution in [3.63, 3.8) is 0 Å². The SMILES string of the molecule is N#CC(=Cc1ccccc1)C(=O)ON1C(=O)CCC1=O. The molecular weight excluding hydrogens is 260 g/mol. The first-order valence-corrected chi connectivity index (χ1v) is 5.87. The summed E-state index contributed by atoms with van der Waals surface area (Å²) in [6.45, 7) is 0. The largest absolute Gasteiger partial charge is 0.374 e. The van der Waals surface area contributed by atoms with Crippen molar-refractivity contribution < 1.29 is 19.2 Å². The second-order valence-electron chi connectivity index (χ2n) is 4.04. The van der Waals surface area contributed by atoms with Gasteiger partial charge in [0.25, 0.3) is 11.8 Å². The molecule has 0 N–H and O–H groups in total. The lowest BCUT2D eigenvalue weighted by molar-refractivity contribution is -0.194. The summed E-state index contributed by atoms with van der Waals surface area (Å²) in [5.41, 5.74) is 0.351. The number of amides is 2. The molecule has 1 aliphatic heterocycles. The van der Waals surface area contributed by atoms with E-state index in [2.05, 4.69) is 4.84 Å². The smallest absolute Gasteiger partial charge is 0.324 e. The lowest BCUT2D eigenvalue weighted by Gasteiger charge is -2.11. The molecule has 100 valence electrons. The van der Waals surface area contributed by atoms with Gasteiger partial charge in [-0.25, -0.2) is 4.79 Å². The fourth-order valence-corrected chi connectivity index (χ4v) is 1.64. The molecule has 1 aromatic carbocycles. The van der Waals surface area contributed by atoms with E-state index in [-0.39, 0.29) is 18.4 Å². The molecule has 20 heavy (non-hydrogen) atoms. The van der Waals surface area contributed by atoms with Gasteiger partial charge in [-0.3, -0.25) is 9.59 Å². The average molecular weight is 270 g/mol. The van der Waals surface area contributed by atoms with Gasteiger partial charge >= 0.3 is 5.97 Å². The molecule has 2 amide bonds.